The monoisotopic (exact) mass is 293 g/mol. The van der Waals surface area contributed by atoms with E-state index in [4.69, 9.17) is 0 Å². The van der Waals surface area contributed by atoms with Crippen molar-refractivity contribution in [3.63, 3.8) is 0 Å². The third kappa shape index (κ3) is 4.44. The molecule has 6 heteroatoms. The highest BCUT2D eigenvalue weighted by Crippen LogP contribution is 2.15. The van der Waals surface area contributed by atoms with Crippen molar-refractivity contribution in [2.24, 2.45) is 5.92 Å². The quantitative estimate of drug-likeness (QED) is 0.804. The number of amides is 1. The summed E-state index contributed by atoms with van der Waals surface area (Å²) >= 11 is 0. The molecule has 1 aromatic heterocycles. The van der Waals surface area contributed by atoms with Gasteiger partial charge in [-0.25, -0.2) is 4.79 Å². The maximum Gasteiger partial charge on any atom is 0.326 e. The summed E-state index contributed by atoms with van der Waals surface area (Å²) < 4.78 is 0. The maximum absolute atomic E-state index is 12.2. The highest BCUT2D eigenvalue weighted by molar-refractivity contribution is 5.93. The number of hydrogen-bond donors (Lipinski definition) is 2. The van der Waals surface area contributed by atoms with E-state index in [0.29, 0.717) is 24.5 Å². The Morgan fingerprint density at radius 2 is 1.95 bits per heavy atom. The normalized spacial score (nSPS) is 12.0. The number of anilines is 1. The van der Waals surface area contributed by atoms with Crippen LogP contribution >= 0.6 is 0 Å². The van der Waals surface area contributed by atoms with Crippen LogP contribution in [0.25, 0.3) is 0 Å². The second kappa shape index (κ2) is 7.61. The van der Waals surface area contributed by atoms with Crippen LogP contribution in [0.2, 0.25) is 0 Å². The van der Waals surface area contributed by atoms with Crippen LogP contribution in [0.15, 0.2) is 18.3 Å². The molecule has 1 rings (SSSR count). The van der Waals surface area contributed by atoms with E-state index in [-0.39, 0.29) is 11.8 Å². The molecule has 0 radical (unpaired) electrons. The van der Waals surface area contributed by atoms with Crippen molar-refractivity contribution < 1.29 is 14.7 Å². The first-order valence-corrected chi connectivity index (χ1v) is 7.15. The molecule has 1 heterocycles. The zero-order valence-electron chi connectivity index (χ0n) is 13.0. The molecule has 0 aliphatic rings. The van der Waals surface area contributed by atoms with Gasteiger partial charge >= 0.3 is 5.97 Å². The van der Waals surface area contributed by atoms with E-state index in [2.05, 4.69) is 10.3 Å². The highest BCUT2D eigenvalue weighted by atomic mass is 16.4. The Labute approximate surface area is 125 Å². The van der Waals surface area contributed by atoms with Gasteiger partial charge in [0.15, 0.2) is 0 Å². The average molecular weight is 293 g/mol. The lowest BCUT2D eigenvalue weighted by atomic mass is 10.0. The molecule has 1 aromatic rings. The Hall–Kier alpha value is -2.11. The topological polar surface area (TPSA) is 82.5 Å². The molecule has 0 bridgehead atoms. The van der Waals surface area contributed by atoms with Crippen molar-refractivity contribution in [1.82, 2.24) is 9.88 Å². The minimum absolute atomic E-state index is 0.0717. The summed E-state index contributed by atoms with van der Waals surface area (Å²) in [7, 11) is 0. The van der Waals surface area contributed by atoms with Gasteiger partial charge in [0.1, 0.15) is 11.7 Å². The van der Waals surface area contributed by atoms with Crippen molar-refractivity contribution in [1.29, 1.82) is 0 Å². The lowest BCUT2D eigenvalue weighted by Crippen LogP contribution is -2.34. The van der Waals surface area contributed by atoms with Gasteiger partial charge in [-0.1, -0.05) is 13.8 Å². The van der Waals surface area contributed by atoms with E-state index >= 15 is 0 Å². The number of carboxylic acid groups (broad SMARTS) is 1. The average Bonchev–Trinajstić information content (AvgIpc) is 2.45. The number of carbonyl (C=O) groups is 2. The molecule has 21 heavy (non-hydrogen) atoms. The second-order valence-electron chi connectivity index (χ2n) is 5.11. The first-order valence-electron chi connectivity index (χ1n) is 7.15. The molecule has 0 spiro atoms. The van der Waals surface area contributed by atoms with Crippen LogP contribution in [0.1, 0.15) is 38.2 Å². The number of rotatable bonds is 7. The molecule has 1 atom stereocenters. The van der Waals surface area contributed by atoms with Crippen LogP contribution in [0.3, 0.4) is 0 Å². The Balaban J connectivity index is 2.95. The van der Waals surface area contributed by atoms with Crippen molar-refractivity contribution in [2.45, 2.75) is 33.7 Å². The van der Waals surface area contributed by atoms with Gasteiger partial charge in [0, 0.05) is 25.0 Å². The number of carboxylic acids is 1. The number of hydrogen-bond acceptors (Lipinski definition) is 4. The molecular weight excluding hydrogens is 270 g/mol. The molecule has 6 nitrogen and oxygen atoms in total. The van der Waals surface area contributed by atoms with Gasteiger partial charge in [-0.3, -0.25) is 9.78 Å². The van der Waals surface area contributed by atoms with Gasteiger partial charge in [-0.2, -0.15) is 0 Å². The number of nitrogens with zero attached hydrogens (tertiary/aromatic N) is 2. The lowest BCUT2D eigenvalue weighted by molar-refractivity contribution is -0.138. The number of aromatic nitrogens is 1. The van der Waals surface area contributed by atoms with Crippen LogP contribution in [-0.4, -0.2) is 46.0 Å². The predicted octanol–water partition coefficient (Wildman–Crippen LogP) is 2.08. The molecule has 0 fully saturated rings. The molecule has 0 aliphatic carbocycles. The van der Waals surface area contributed by atoms with E-state index in [1.54, 1.807) is 17.0 Å². The molecule has 0 saturated heterocycles. The van der Waals surface area contributed by atoms with E-state index in [0.717, 1.165) is 0 Å². The van der Waals surface area contributed by atoms with Gasteiger partial charge in [0.25, 0.3) is 5.91 Å². The number of nitrogens with one attached hydrogen (secondary N) is 1. The minimum atomic E-state index is -0.918. The Morgan fingerprint density at radius 1 is 1.33 bits per heavy atom. The Bertz CT molecular complexity index is 499. The van der Waals surface area contributed by atoms with Gasteiger partial charge in [0.05, 0.1) is 0 Å². The summed E-state index contributed by atoms with van der Waals surface area (Å²) in [5.41, 5.74) is 0.901. The molecular formula is C15H23N3O3. The maximum atomic E-state index is 12.2. The molecule has 0 aromatic carbocycles. The largest absolute Gasteiger partial charge is 0.480 e. The molecule has 0 aliphatic heterocycles. The second-order valence-corrected chi connectivity index (χ2v) is 5.11. The van der Waals surface area contributed by atoms with Crippen molar-refractivity contribution in [3.05, 3.63) is 24.0 Å². The smallest absolute Gasteiger partial charge is 0.326 e. The van der Waals surface area contributed by atoms with Gasteiger partial charge in [-0.15, -0.1) is 0 Å². The zero-order valence-corrected chi connectivity index (χ0v) is 13.0. The van der Waals surface area contributed by atoms with Crippen LogP contribution < -0.4 is 5.32 Å². The van der Waals surface area contributed by atoms with E-state index in [1.165, 1.54) is 6.20 Å². The van der Waals surface area contributed by atoms with Crippen LogP contribution in [-0.2, 0) is 4.79 Å². The van der Waals surface area contributed by atoms with Crippen LogP contribution in [0, 0.1) is 5.92 Å². The summed E-state index contributed by atoms with van der Waals surface area (Å²) in [5, 5.41) is 12.1. The van der Waals surface area contributed by atoms with Crippen molar-refractivity contribution in [3.8, 4) is 0 Å². The first-order chi connectivity index (χ1) is 9.90. The molecule has 2 N–H and O–H groups in total. The fourth-order valence-corrected chi connectivity index (χ4v) is 2.00. The predicted molar refractivity (Wildman–Crippen MR) is 81.4 cm³/mol. The third-order valence-electron chi connectivity index (χ3n) is 3.28. The number of aliphatic carboxylic acids is 1. The van der Waals surface area contributed by atoms with Gasteiger partial charge in [-0.05, 0) is 31.9 Å². The molecule has 1 unspecified atom stereocenters. The fourth-order valence-electron chi connectivity index (χ4n) is 2.00. The van der Waals surface area contributed by atoms with E-state index < -0.39 is 12.0 Å². The lowest BCUT2D eigenvalue weighted by Gasteiger charge is -2.21. The highest BCUT2D eigenvalue weighted by Gasteiger charge is 2.22. The summed E-state index contributed by atoms with van der Waals surface area (Å²) in [4.78, 5) is 29.2. The fraction of sp³-hybridized carbons (Fsp3) is 0.533. The summed E-state index contributed by atoms with van der Waals surface area (Å²) in [6.07, 6.45) is 1.51. The van der Waals surface area contributed by atoms with E-state index in [1.807, 2.05) is 27.7 Å². The summed E-state index contributed by atoms with van der Waals surface area (Å²) in [6.45, 7) is 8.69. The zero-order chi connectivity index (χ0) is 16.0. The molecule has 116 valence electrons. The molecule has 1 amide bonds. The van der Waals surface area contributed by atoms with Crippen LogP contribution in [0.5, 0.6) is 0 Å². The Kier molecular flexibility index (Phi) is 6.14. The summed E-state index contributed by atoms with van der Waals surface area (Å²) in [5.74, 6) is -1.14. The minimum Gasteiger partial charge on any atom is -0.480 e. The van der Waals surface area contributed by atoms with Crippen molar-refractivity contribution >= 4 is 17.6 Å². The van der Waals surface area contributed by atoms with Gasteiger partial charge < -0.3 is 15.3 Å². The van der Waals surface area contributed by atoms with Crippen LogP contribution in [0.4, 0.5) is 5.69 Å². The van der Waals surface area contributed by atoms with Crippen molar-refractivity contribution in [2.75, 3.05) is 18.4 Å². The SMILES string of the molecule is CCN(CC)C(=O)c1cc(NC(C(=O)O)C(C)C)ccn1. The third-order valence-corrected chi connectivity index (χ3v) is 3.28. The first kappa shape index (κ1) is 16.9. The Morgan fingerprint density at radius 3 is 2.43 bits per heavy atom. The number of pyridine rings is 1. The molecule has 0 saturated carbocycles. The standard InChI is InChI=1S/C15H23N3O3/c1-5-18(6-2)14(19)12-9-11(7-8-16-12)17-13(10(3)4)15(20)21/h7-10,13H,5-6H2,1-4H3,(H,16,17)(H,20,21). The van der Waals surface area contributed by atoms with Gasteiger partial charge in [0.2, 0.25) is 0 Å². The van der Waals surface area contributed by atoms with E-state index in [9.17, 15) is 14.7 Å². The number of carbonyl (C=O) groups excluding carboxylic acids is 1. The summed E-state index contributed by atoms with van der Waals surface area (Å²) in [6, 6.07) is 2.56.